The SMILES string of the molecule is COC(=O)c1cc([N+](=O)[O-])ccc1N1CC(S(N)(=O)=O)CC1=O. The van der Waals surface area contributed by atoms with Crippen LogP contribution in [0.4, 0.5) is 11.4 Å². The number of amides is 1. The van der Waals surface area contributed by atoms with E-state index < -0.39 is 32.1 Å². The first-order valence-electron chi connectivity index (χ1n) is 6.34. The van der Waals surface area contributed by atoms with Gasteiger partial charge in [-0.05, 0) is 6.07 Å². The van der Waals surface area contributed by atoms with Gasteiger partial charge in [0.2, 0.25) is 15.9 Å². The molecule has 2 rings (SSSR count). The number of rotatable bonds is 4. The number of ether oxygens (including phenoxy) is 1. The molecule has 0 aliphatic carbocycles. The Labute approximate surface area is 131 Å². The van der Waals surface area contributed by atoms with Crippen LogP contribution in [0.5, 0.6) is 0 Å². The average molecular weight is 343 g/mol. The van der Waals surface area contributed by atoms with Gasteiger partial charge in [0.25, 0.3) is 5.69 Å². The van der Waals surface area contributed by atoms with Crippen LogP contribution in [0, 0.1) is 10.1 Å². The number of non-ortho nitro benzene ring substituents is 1. The molecule has 124 valence electrons. The van der Waals surface area contributed by atoms with Crippen molar-refractivity contribution in [3.05, 3.63) is 33.9 Å². The number of anilines is 1. The van der Waals surface area contributed by atoms with Gasteiger partial charge in [0.05, 0.1) is 23.3 Å². The number of benzene rings is 1. The first kappa shape index (κ1) is 16.8. The van der Waals surface area contributed by atoms with E-state index in [-0.39, 0.29) is 29.9 Å². The monoisotopic (exact) mass is 343 g/mol. The average Bonchev–Trinajstić information content (AvgIpc) is 2.87. The van der Waals surface area contributed by atoms with Crippen LogP contribution in [0.1, 0.15) is 16.8 Å². The molecule has 1 amide bonds. The first-order valence-corrected chi connectivity index (χ1v) is 7.95. The zero-order valence-corrected chi connectivity index (χ0v) is 12.8. The highest BCUT2D eigenvalue weighted by Crippen LogP contribution is 2.30. The van der Waals surface area contributed by atoms with Crippen LogP contribution >= 0.6 is 0 Å². The Morgan fingerprint density at radius 1 is 1.48 bits per heavy atom. The Morgan fingerprint density at radius 2 is 2.13 bits per heavy atom. The minimum absolute atomic E-state index is 0.0404. The lowest BCUT2D eigenvalue weighted by atomic mass is 10.1. The lowest BCUT2D eigenvalue weighted by Gasteiger charge is -2.19. The van der Waals surface area contributed by atoms with Crippen LogP contribution in [0.15, 0.2) is 18.2 Å². The van der Waals surface area contributed by atoms with Crippen molar-refractivity contribution in [2.24, 2.45) is 5.14 Å². The van der Waals surface area contributed by atoms with E-state index in [1.54, 1.807) is 0 Å². The topological polar surface area (TPSA) is 150 Å². The molecule has 1 saturated heterocycles. The molecule has 2 N–H and O–H groups in total. The van der Waals surface area contributed by atoms with Gasteiger partial charge in [-0.1, -0.05) is 0 Å². The Morgan fingerprint density at radius 3 is 2.61 bits per heavy atom. The summed E-state index contributed by atoms with van der Waals surface area (Å²) >= 11 is 0. The number of sulfonamides is 1. The van der Waals surface area contributed by atoms with E-state index >= 15 is 0 Å². The maximum Gasteiger partial charge on any atom is 0.340 e. The highest BCUT2D eigenvalue weighted by Gasteiger charge is 2.38. The van der Waals surface area contributed by atoms with E-state index in [4.69, 9.17) is 5.14 Å². The summed E-state index contributed by atoms with van der Waals surface area (Å²) in [4.78, 5) is 35.0. The molecule has 0 radical (unpaired) electrons. The number of hydrogen-bond donors (Lipinski definition) is 1. The summed E-state index contributed by atoms with van der Waals surface area (Å²) in [6, 6.07) is 3.28. The molecule has 1 heterocycles. The number of carbonyl (C=O) groups excluding carboxylic acids is 2. The van der Waals surface area contributed by atoms with Gasteiger partial charge >= 0.3 is 5.97 Å². The highest BCUT2D eigenvalue weighted by molar-refractivity contribution is 7.89. The maximum atomic E-state index is 12.0. The van der Waals surface area contributed by atoms with Gasteiger partial charge in [0, 0.05) is 25.1 Å². The number of esters is 1. The standard InChI is InChI=1S/C12H13N3O7S/c1-22-12(17)9-4-7(15(18)19)2-3-10(9)14-6-8(5-11(14)16)23(13,20)21/h2-4,8H,5-6H2,1H3,(H2,13,20,21). The van der Waals surface area contributed by atoms with Gasteiger partial charge in [-0.25, -0.2) is 18.4 Å². The normalized spacial score (nSPS) is 18.1. The number of nitrogens with two attached hydrogens (primary N) is 1. The van der Waals surface area contributed by atoms with Crippen LogP contribution in [0.2, 0.25) is 0 Å². The van der Waals surface area contributed by atoms with Crippen LogP contribution in [0.3, 0.4) is 0 Å². The summed E-state index contributed by atoms with van der Waals surface area (Å²) in [5.41, 5.74) is -0.521. The molecule has 0 saturated carbocycles. The van der Waals surface area contributed by atoms with Gasteiger partial charge in [0.15, 0.2) is 0 Å². The van der Waals surface area contributed by atoms with E-state index in [0.717, 1.165) is 24.1 Å². The van der Waals surface area contributed by atoms with Crippen LogP contribution in [-0.4, -0.2) is 44.1 Å². The van der Waals surface area contributed by atoms with Crippen LogP contribution in [-0.2, 0) is 19.6 Å². The van der Waals surface area contributed by atoms with Crippen molar-refractivity contribution in [1.82, 2.24) is 0 Å². The van der Waals surface area contributed by atoms with Gasteiger partial charge in [-0.2, -0.15) is 0 Å². The lowest BCUT2D eigenvalue weighted by molar-refractivity contribution is -0.384. The summed E-state index contributed by atoms with van der Waals surface area (Å²) in [5, 5.41) is 14.8. The molecule has 1 fully saturated rings. The number of nitrogens with zero attached hydrogens (tertiary/aromatic N) is 2. The molecule has 10 nitrogen and oxygen atoms in total. The zero-order valence-electron chi connectivity index (χ0n) is 12.0. The van der Waals surface area contributed by atoms with Crippen molar-refractivity contribution in [3.8, 4) is 0 Å². The molecule has 1 aliphatic rings. The number of hydrogen-bond acceptors (Lipinski definition) is 7. The van der Waals surface area contributed by atoms with Gasteiger partial charge in [0.1, 0.15) is 5.25 Å². The molecule has 23 heavy (non-hydrogen) atoms. The summed E-state index contributed by atoms with van der Waals surface area (Å²) < 4.78 is 27.3. The largest absolute Gasteiger partial charge is 0.465 e. The van der Waals surface area contributed by atoms with E-state index in [1.165, 1.54) is 6.07 Å². The molecule has 1 unspecified atom stereocenters. The molecule has 1 aliphatic heterocycles. The maximum absolute atomic E-state index is 12.0. The van der Waals surface area contributed by atoms with E-state index in [9.17, 15) is 28.1 Å². The summed E-state index contributed by atoms with van der Waals surface area (Å²) in [5.74, 6) is -1.43. The minimum Gasteiger partial charge on any atom is -0.465 e. The highest BCUT2D eigenvalue weighted by atomic mass is 32.2. The van der Waals surface area contributed by atoms with E-state index in [0.29, 0.717) is 0 Å². The second kappa shape index (κ2) is 5.93. The van der Waals surface area contributed by atoms with Crippen molar-refractivity contribution >= 4 is 33.3 Å². The molecule has 0 bridgehead atoms. The van der Waals surface area contributed by atoms with Gasteiger partial charge < -0.3 is 9.64 Å². The summed E-state index contributed by atoms with van der Waals surface area (Å²) in [6.45, 7) is -0.237. The molecule has 0 aromatic heterocycles. The Hall–Kier alpha value is -2.53. The third kappa shape index (κ3) is 3.29. The predicted molar refractivity (Wildman–Crippen MR) is 78.3 cm³/mol. The van der Waals surface area contributed by atoms with Crippen molar-refractivity contribution in [2.45, 2.75) is 11.7 Å². The first-order chi connectivity index (χ1) is 10.6. The second-order valence-electron chi connectivity index (χ2n) is 4.87. The Balaban J connectivity index is 2.49. The molecule has 1 aromatic carbocycles. The minimum atomic E-state index is -3.92. The predicted octanol–water partition coefficient (Wildman–Crippen LogP) is -0.225. The van der Waals surface area contributed by atoms with Crippen molar-refractivity contribution in [2.75, 3.05) is 18.6 Å². The Kier molecular flexibility index (Phi) is 4.34. The molecular weight excluding hydrogens is 330 g/mol. The fraction of sp³-hybridized carbons (Fsp3) is 0.333. The Bertz CT molecular complexity index is 790. The van der Waals surface area contributed by atoms with Crippen molar-refractivity contribution < 1.29 is 27.7 Å². The van der Waals surface area contributed by atoms with Crippen molar-refractivity contribution in [3.63, 3.8) is 0 Å². The fourth-order valence-corrected chi connectivity index (χ4v) is 3.01. The smallest absolute Gasteiger partial charge is 0.340 e. The fourth-order valence-electron chi connectivity index (χ4n) is 2.27. The van der Waals surface area contributed by atoms with Crippen molar-refractivity contribution in [1.29, 1.82) is 0 Å². The number of nitro benzene ring substituents is 1. The molecule has 0 spiro atoms. The molecule has 1 aromatic rings. The number of primary sulfonamides is 1. The van der Waals surface area contributed by atoms with Gasteiger partial charge in [-0.3, -0.25) is 14.9 Å². The molecule has 11 heteroatoms. The van der Waals surface area contributed by atoms with E-state index in [2.05, 4.69) is 4.74 Å². The zero-order chi connectivity index (χ0) is 17.4. The molecular formula is C12H13N3O7S. The number of carbonyl (C=O) groups is 2. The summed E-state index contributed by atoms with van der Waals surface area (Å²) in [7, 11) is -2.84. The molecule has 1 atom stereocenters. The second-order valence-corrected chi connectivity index (χ2v) is 6.71. The number of methoxy groups -OCH3 is 1. The van der Waals surface area contributed by atoms with Crippen LogP contribution < -0.4 is 10.0 Å². The lowest BCUT2D eigenvalue weighted by Crippen LogP contribution is -2.32. The third-order valence-electron chi connectivity index (χ3n) is 3.44. The third-order valence-corrected chi connectivity index (χ3v) is 4.69. The number of nitro groups is 1. The quantitative estimate of drug-likeness (QED) is 0.451. The van der Waals surface area contributed by atoms with Crippen LogP contribution in [0.25, 0.3) is 0 Å². The summed E-state index contributed by atoms with van der Waals surface area (Å²) in [6.07, 6.45) is -0.323. The van der Waals surface area contributed by atoms with E-state index in [1.807, 2.05) is 0 Å². The van der Waals surface area contributed by atoms with Gasteiger partial charge in [-0.15, -0.1) is 0 Å².